The maximum atomic E-state index is 11.4. The topological polar surface area (TPSA) is 61.8 Å². The van der Waals surface area contributed by atoms with Gasteiger partial charge in [0.2, 0.25) is 0 Å². The van der Waals surface area contributed by atoms with E-state index in [0.717, 1.165) is 19.5 Å². The zero-order valence-electron chi connectivity index (χ0n) is 8.16. The molecule has 0 bridgehead atoms. The van der Waals surface area contributed by atoms with Crippen LogP contribution in [0.3, 0.4) is 0 Å². The molecule has 2 N–H and O–H groups in total. The summed E-state index contributed by atoms with van der Waals surface area (Å²) in [6.07, 6.45) is 1.29. The minimum Gasteiger partial charge on any atom is -0.439 e. The van der Waals surface area contributed by atoms with E-state index >= 15 is 0 Å². The Bertz CT molecular complexity index is 226. The fourth-order valence-corrected chi connectivity index (χ4v) is 2.07. The van der Waals surface area contributed by atoms with Gasteiger partial charge in [-0.15, -0.1) is 0 Å². The van der Waals surface area contributed by atoms with Crippen molar-refractivity contribution in [3.8, 4) is 0 Å². The van der Waals surface area contributed by atoms with Crippen molar-refractivity contribution in [1.29, 1.82) is 0 Å². The quantitative estimate of drug-likeness (QED) is 0.648. The summed E-state index contributed by atoms with van der Waals surface area (Å²) in [5.74, 6) is 0. The van der Waals surface area contributed by atoms with Gasteiger partial charge in [-0.3, -0.25) is 0 Å². The van der Waals surface area contributed by atoms with Crippen LogP contribution in [-0.2, 0) is 4.74 Å². The second kappa shape index (κ2) is 3.74. The summed E-state index contributed by atoms with van der Waals surface area (Å²) < 4.78 is 5.36. The second-order valence-corrected chi connectivity index (χ2v) is 3.98. The average Bonchev–Trinajstić information content (AvgIpc) is 2.72. The van der Waals surface area contributed by atoms with Gasteiger partial charge in [-0.05, 0) is 13.0 Å². The zero-order chi connectivity index (χ0) is 10.0. The monoisotopic (exact) mass is 200 g/mol. The first-order valence-electron chi connectivity index (χ1n) is 5.05. The first-order chi connectivity index (χ1) is 6.76. The lowest BCUT2D eigenvalue weighted by molar-refractivity contribution is 0.0727. The Morgan fingerprint density at radius 3 is 3.14 bits per heavy atom. The SMILES string of the molecule is O=C1OC2(CCNC2)CN1CCCO. The van der Waals surface area contributed by atoms with Crippen LogP contribution >= 0.6 is 0 Å². The summed E-state index contributed by atoms with van der Waals surface area (Å²) in [6, 6.07) is 0. The van der Waals surface area contributed by atoms with Crippen molar-refractivity contribution in [2.24, 2.45) is 0 Å². The number of aliphatic hydroxyl groups excluding tert-OH is 1. The Morgan fingerprint density at radius 1 is 1.64 bits per heavy atom. The molecule has 2 aliphatic rings. The van der Waals surface area contributed by atoms with E-state index in [0.29, 0.717) is 19.5 Å². The van der Waals surface area contributed by atoms with Gasteiger partial charge in [-0.1, -0.05) is 0 Å². The molecule has 1 spiro atoms. The predicted molar refractivity (Wildman–Crippen MR) is 50.0 cm³/mol. The number of hydrogen-bond acceptors (Lipinski definition) is 4. The van der Waals surface area contributed by atoms with Crippen LogP contribution in [0.5, 0.6) is 0 Å². The lowest BCUT2D eigenvalue weighted by Crippen LogP contribution is -2.36. The van der Waals surface area contributed by atoms with Crippen molar-refractivity contribution in [3.05, 3.63) is 0 Å². The van der Waals surface area contributed by atoms with Crippen LogP contribution in [-0.4, -0.2) is 54.5 Å². The number of rotatable bonds is 3. The first-order valence-corrected chi connectivity index (χ1v) is 5.05. The predicted octanol–water partition coefficient (Wildman–Crippen LogP) is -0.447. The second-order valence-electron chi connectivity index (χ2n) is 3.98. The number of carbonyl (C=O) groups excluding carboxylic acids is 1. The third kappa shape index (κ3) is 1.69. The molecule has 5 heteroatoms. The number of nitrogens with zero attached hydrogens (tertiary/aromatic N) is 1. The fourth-order valence-electron chi connectivity index (χ4n) is 2.07. The van der Waals surface area contributed by atoms with E-state index in [1.54, 1.807) is 4.90 Å². The average molecular weight is 200 g/mol. The van der Waals surface area contributed by atoms with Crippen LogP contribution < -0.4 is 5.32 Å². The number of nitrogens with one attached hydrogen (secondary N) is 1. The highest BCUT2D eigenvalue weighted by Crippen LogP contribution is 2.28. The van der Waals surface area contributed by atoms with E-state index in [1.165, 1.54) is 0 Å². The number of ether oxygens (including phenoxy) is 1. The Balaban J connectivity index is 1.92. The van der Waals surface area contributed by atoms with Gasteiger partial charge in [0.15, 0.2) is 0 Å². The van der Waals surface area contributed by atoms with Gasteiger partial charge in [-0.25, -0.2) is 4.79 Å². The molecule has 2 heterocycles. The normalized spacial score (nSPS) is 31.5. The van der Waals surface area contributed by atoms with Crippen LogP contribution in [0.2, 0.25) is 0 Å². The summed E-state index contributed by atoms with van der Waals surface area (Å²) in [4.78, 5) is 13.1. The van der Waals surface area contributed by atoms with Crippen LogP contribution in [0.15, 0.2) is 0 Å². The number of carbonyl (C=O) groups is 1. The Labute approximate surface area is 83.0 Å². The molecule has 2 saturated heterocycles. The molecule has 14 heavy (non-hydrogen) atoms. The molecule has 0 aromatic carbocycles. The molecule has 2 fully saturated rings. The molecule has 2 aliphatic heterocycles. The number of hydrogen-bond donors (Lipinski definition) is 2. The van der Waals surface area contributed by atoms with Crippen molar-refractivity contribution < 1.29 is 14.6 Å². The van der Waals surface area contributed by atoms with E-state index in [2.05, 4.69) is 5.32 Å². The van der Waals surface area contributed by atoms with Crippen molar-refractivity contribution >= 4 is 6.09 Å². The maximum absolute atomic E-state index is 11.4. The summed E-state index contributed by atoms with van der Waals surface area (Å²) in [6.45, 7) is 3.06. The first kappa shape index (κ1) is 9.73. The smallest absolute Gasteiger partial charge is 0.410 e. The standard InChI is InChI=1S/C9H16N2O3/c12-5-1-4-11-7-9(14-8(11)13)2-3-10-6-9/h10,12H,1-7H2. The molecule has 5 nitrogen and oxygen atoms in total. The zero-order valence-corrected chi connectivity index (χ0v) is 8.16. The van der Waals surface area contributed by atoms with E-state index in [1.807, 2.05) is 0 Å². The molecule has 0 aliphatic carbocycles. The van der Waals surface area contributed by atoms with E-state index in [-0.39, 0.29) is 18.3 Å². The van der Waals surface area contributed by atoms with Gasteiger partial charge in [-0.2, -0.15) is 0 Å². The van der Waals surface area contributed by atoms with Gasteiger partial charge >= 0.3 is 6.09 Å². The molecule has 1 unspecified atom stereocenters. The Morgan fingerprint density at radius 2 is 2.50 bits per heavy atom. The molecule has 0 aromatic heterocycles. The fraction of sp³-hybridized carbons (Fsp3) is 0.889. The summed E-state index contributed by atoms with van der Waals surface area (Å²) >= 11 is 0. The van der Waals surface area contributed by atoms with Gasteiger partial charge < -0.3 is 20.1 Å². The molecule has 0 radical (unpaired) electrons. The lowest BCUT2D eigenvalue weighted by Gasteiger charge is -2.18. The minimum atomic E-state index is -0.285. The van der Waals surface area contributed by atoms with E-state index < -0.39 is 0 Å². The maximum Gasteiger partial charge on any atom is 0.410 e. The molecular weight excluding hydrogens is 184 g/mol. The largest absolute Gasteiger partial charge is 0.439 e. The van der Waals surface area contributed by atoms with Crippen molar-refractivity contribution in [2.75, 3.05) is 32.8 Å². The van der Waals surface area contributed by atoms with Crippen molar-refractivity contribution in [1.82, 2.24) is 10.2 Å². The molecule has 0 aromatic rings. The van der Waals surface area contributed by atoms with Crippen LogP contribution in [0.4, 0.5) is 4.79 Å². The Kier molecular flexibility index (Phi) is 2.60. The molecule has 80 valence electrons. The summed E-state index contributed by atoms with van der Waals surface area (Å²) in [5, 5.41) is 11.9. The molecule has 2 rings (SSSR count). The summed E-state index contributed by atoms with van der Waals surface area (Å²) in [7, 11) is 0. The van der Waals surface area contributed by atoms with Crippen LogP contribution in [0.25, 0.3) is 0 Å². The molecule has 1 amide bonds. The van der Waals surface area contributed by atoms with Gasteiger partial charge in [0.1, 0.15) is 5.60 Å². The van der Waals surface area contributed by atoms with Crippen molar-refractivity contribution in [2.45, 2.75) is 18.4 Å². The minimum absolute atomic E-state index is 0.120. The van der Waals surface area contributed by atoms with E-state index in [9.17, 15) is 4.79 Å². The van der Waals surface area contributed by atoms with Crippen molar-refractivity contribution in [3.63, 3.8) is 0 Å². The third-order valence-electron chi connectivity index (χ3n) is 2.83. The highest BCUT2D eigenvalue weighted by Gasteiger charge is 2.46. The van der Waals surface area contributed by atoms with Gasteiger partial charge in [0, 0.05) is 26.1 Å². The van der Waals surface area contributed by atoms with Crippen LogP contribution in [0.1, 0.15) is 12.8 Å². The number of amides is 1. The Hall–Kier alpha value is -0.810. The lowest BCUT2D eigenvalue weighted by atomic mass is 10.0. The molecule has 1 atom stereocenters. The van der Waals surface area contributed by atoms with Gasteiger partial charge in [0.05, 0.1) is 6.54 Å². The highest BCUT2D eigenvalue weighted by atomic mass is 16.6. The van der Waals surface area contributed by atoms with Gasteiger partial charge in [0.25, 0.3) is 0 Å². The molecule has 0 saturated carbocycles. The number of aliphatic hydroxyl groups is 1. The van der Waals surface area contributed by atoms with E-state index in [4.69, 9.17) is 9.84 Å². The highest BCUT2D eigenvalue weighted by molar-refractivity contribution is 5.70. The summed E-state index contributed by atoms with van der Waals surface area (Å²) in [5.41, 5.74) is -0.285. The molecular formula is C9H16N2O3. The van der Waals surface area contributed by atoms with Crippen LogP contribution in [0, 0.1) is 0 Å². The third-order valence-corrected chi connectivity index (χ3v) is 2.83.